The van der Waals surface area contributed by atoms with Crippen LogP contribution >= 0.6 is 0 Å². The van der Waals surface area contributed by atoms with Gasteiger partial charge in [-0.05, 0) is 50.5 Å². The molecular weight excluding hydrogens is 382 g/mol. The molecule has 0 aliphatic heterocycles. The van der Waals surface area contributed by atoms with Crippen LogP contribution in [0.2, 0.25) is 0 Å². The number of fused-ring (bicyclic) bond motifs is 1. The summed E-state index contributed by atoms with van der Waals surface area (Å²) in [5.41, 5.74) is 4.52. The standard InChI is InChI=1S/C21H27N7O2/c1-5-9-23-20(29)16-11-28-18(14(16)4)19(24-12-25-28)27-17-10-15(8-7-13(17)3)26-21(30)22-6-2/h7-8,10-12H,5-6,9H2,1-4H3,(H,23,29)(H2,22,26,30)(H,24,25,27). The second-order valence-corrected chi connectivity index (χ2v) is 6.96. The third-order valence-corrected chi connectivity index (χ3v) is 4.69. The number of nitrogens with zero attached hydrogens (tertiary/aromatic N) is 3. The van der Waals surface area contributed by atoms with Gasteiger partial charge in [0.15, 0.2) is 5.82 Å². The molecule has 9 nitrogen and oxygen atoms in total. The molecule has 0 unspecified atom stereocenters. The first kappa shape index (κ1) is 21.1. The third kappa shape index (κ3) is 4.51. The molecule has 0 atom stereocenters. The maximum atomic E-state index is 12.5. The van der Waals surface area contributed by atoms with Crippen molar-refractivity contribution in [2.24, 2.45) is 0 Å². The number of aryl methyl sites for hydroxylation is 2. The van der Waals surface area contributed by atoms with Crippen LogP contribution in [-0.2, 0) is 0 Å². The molecule has 3 amide bonds. The van der Waals surface area contributed by atoms with Gasteiger partial charge in [-0.15, -0.1) is 0 Å². The van der Waals surface area contributed by atoms with Gasteiger partial charge in [-0.25, -0.2) is 14.3 Å². The summed E-state index contributed by atoms with van der Waals surface area (Å²) in [5, 5.41) is 16.0. The van der Waals surface area contributed by atoms with Gasteiger partial charge in [-0.1, -0.05) is 13.0 Å². The monoisotopic (exact) mass is 409 g/mol. The Kier molecular flexibility index (Phi) is 6.51. The van der Waals surface area contributed by atoms with Crippen molar-refractivity contribution in [3.63, 3.8) is 0 Å². The van der Waals surface area contributed by atoms with Crippen LogP contribution in [0.4, 0.5) is 22.0 Å². The highest BCUT2D eigenvalue weighted by Gasteiger charge is 2.18. The fourth-order valence-corrected chi connectivity index (χ4v) is 3.11. The number of benzene rings is 1. The highest BCUT2D eigenvalue weighted by atomic mass is 16.2. The molecule has 0 aliphatic carbocycles. The molecule has 0 saturated heterocycles. The smallest absolute Gasteiger partial charge is 0.319 e. The maximum absolute atomic E-state index is 12.5. The minimum atomic E-state index is -0.262. The van der Waals surface area contributed by atoms with E-state index in [0.717, 1.165) is 28.8 Å². The first-order valence-corrected chi connectivity index (χ1v) is 9.98. The lowest BCUT2D eigenvalue weighted by Gasteiger charge is -2.13. The molecule has 0 fully saturated rings. The Bertz CT molecular complexity index is 1070. The Morgan fingerprint density at radius 3 is 2.67 bits per heavy atom. The fraction of sp³-hybridized carbons (Fsp3) is 0.333. The van der Waals surface area contributed by atoms with E-state index in [1.807, 2.05) is 45.9 Å². The van der Waals surface area contributed by atoms with Gasteiger partial charge in [0.2, 0.25) is 0 Å². The molecule has 4 N–H and O–H groups in total. The zero-order chi connectivity index (χ0) is 21.7. The van der Waals surface area contributed by atoms with Crippen molar-refractivity contribution < 1.29 is 9.59 Å². The summed E-state index contributed by atoms with van der Waals surface area (Å²) in [7, 11) is 0. The number of rotatable bonds is 7. The normalized spacial score (nSPS) is 10.7. The van der Waals surface area contributed by atoms with Crippen LogP contribution in [0.15, 0.2) is 30.7 Å². The SMILES string of the molecule is CCCNC(=O)c1cn2ncnc(Nc3cc(NC(=O)NCC)ccc3C)c2c1C. The van der Waals surface area contributed by atoms with Gasteiger partial charge in [0.25, 0.3) is 5.91 Å². The molecule has 0 aliphatic rings. The average Bonchev–Trinajstić information content (AvgIpc) is 3.06. The number of hydrogen-bond donors (Lipinski definition) is 4. The van der Waals surface area contributed by atoms with E-state index in [1.54, 1.807) is 10.7 Å². The summed E-state index contributed by atoms with van der Waals surface area (Å²) >= 11 is 0. The second-order valence-electron chi connectivity index (χ2n) is 6.96. The van der Waals surface area contributed by atoms with Gasteiger partial charge in [0.1, 0.15) is 11.8 Å². The van der Waals surface area contributed by atoms with Crippen molar-refractivity contribution in [1.82, 2.24) is 25.2 Å². The van der Waals surface area contributed by atoms with E-state index in [4.69, 9.17) is 0 Å². The van der Waals surface area contributed by atoms with Crippen LogP contribution in [0.5, 0.6) is 0 Å². The molecule has 2 heterocycles. The van der Waals surface area contributed by atoms with Crippen LogP contribution in [0.3, 0.4) is 0 Å². The van der Waals surface area contributed by atoms with E-state index in [2.05, 4.69) is 31.3 Å². The van der Waals surface area contributed by atoms with Gasteiger partial charge >= 0.3 is 6.03 Å². The lowest BCUT2D eigenvalue weighted by molar-refractivity contribution is 0.0953. The van der Waals surface area contributed by atoms with Crippen LogP contribution in [0.25, 0.3) is 5.52 Å². The number of carbonyl (C=O) groups excluding carboxylic acids is 2. The van der Waals surface area contributed by atoms with E-state index in [-0.39, 0.29) is 11.9 Å². The summed E-state index contributed by atoms with van der Waals surface area (Å²) in [6.07, 6.45) is 4.02. The Morgan fingerprint density at radius 1 is 1.13 bits per heavy atom. The molecule has 158 valence electrons. The van der Waals surface area contributed by atoms with Gasteiger partial charge < -0.3 is 21.3 Å². The molecular formula is C21H27N7O2. The third-order valence-electron chi connectivity index (χ3n) is 4.69. The van der Waals surface area contributed by atoms with Crippen LogP contribution in [0, 0.1) is 13.8 Å². The van der Waals surface area contributed by atoms with E-state index in [0.29, 0.717) is 30.2 Å². The first-order valence-electron chi connectivity index (χ1n) is 9.98. The van der Waals surface area contributed by atoms with Crippen molar-refractivity contribution in [1.29, 1.82) is 0 Å². The van der Waals surface area contributed by atoms with E-state index < -0.39 is 0 Å². The summed E-state index contributed by atoms with van der Waals surface area (Å²) in [4.78, 5) is 28.7. The minimum absolute atomic E-state index is 0.130. The largest absolute Gasteiger partial charge is 0.352 e. The molecule has 0 spiro atoms. The molecule has 30 heavy (non-hydrogen) atoms. The number of amides is 3. The zero-order valence-electron chi connectivity index (χ0n) is 17.7. The van der Waals surface area contributed by atoms with Crippen molar-refractivity contribution >= 4 is 34.6 Å². The number of urea groups is 1. The fourth-order valence-electron chi connectivity index (χ4n) is 3.11. The number of aromatic nitrogens is 3. The molecule has 3 aromatic rings. The summed E-state index contributed by atoms with van der Waals surface area (Å²) in [6.45, 7) is 8.87. The number of carbonyl (C=O) groups is 2. The predicted molar refractivity (Wildman–Crippen MR) is 118 cm³/mol. The van der Waals surface area contributed by atoms with E-state index in [9.17, 15) is 9.59 Å². The van der Waals surface area contributed by atoms with Crippen LogP contribution in [0.1, 0.15) is 41.8 Å². The van der Waals surface area contributed by atoms with Gasteiger partial charge in [-0.2, -0.15) is 5.10 Å². The van der Waals surface area contributed by atoms with Gasteiger partial charge in [-0.3, -0.25) is 4.79 Å². The van der Waals surface area contributed by atoms with Gasteiger partial charge in [0, 0.05) is 30.7 Å². The highest BCUT2D eigenvalue weighted by Crippen LogP contribution is 2.28. The number of hydrogen-bond acceptors (Lipinski definition) is 5. The van der Waals surface area contributed by atoms with Crippen LogP contribution < -0.4 is 21.3 Å². The van der Waals surface area contributed by atoms with Crippen molar-refractivity contribution in [3.05, 3.63) is 47.4 Å². The molecule has 0 saturated carbocycles. The molecule has 2 aromatic heterocycles. The maximum Gasteiger partial charge on any atom is 0.319 e. The molecule has 3 rings (SSSR count). The molecule has 0 bridgehead atoms. The molecule has 0 radical (unpaired) electrons. The second kappa shape index (κ2) is 9.25. The number of nitrogens with one attached hydrogen (secondary N) is 4. The lowest BCUT2D eigenvalue weighted by Crippen LogP contribution is -2.28. The Labute approximate surface area is 175 Å². The lowest BCUT2D eigenvalue weighted by atomic mass is 10.1. The minimum Gasteiger partial charge on any atom is -0.352 e. The van der Waals surface area contributed by atoms with Crippen molar-refractivity contribution in [3.8, 4) is 0 Å². The first-order chi connectivity index (χ1) is 14.4. The highest BCUT2D eigenvalue weighted by molar-refractivity contribution is 5.99. The average molecular weight is 409 g/mol. The van der Waals surface area contributed by atoms with Crippen molar-refractivity contribution in [2.45, 2.75) is 34.1 Å². The topological polar surface area (TPSA) is 112 Å². The molecule has 1 aromatic carbocycles. The summed E-state index contributed by atoms with van der Waals surface area (Å²) < 4.78 is 1.65. The quantitative estimate of drug-likeness (QED) is 0.478. The predicted octanol–water partition coefficient (Wildman–Crippen LogP) is 3.37. The Morgan fingerprint density at radius 2 is 1.93 bits per heavy atom. The molecule has 9 heteroatoms. The van der Waals surface area contributed by atoms with E-state index >= 15 is 0 Å². The van der Waals surface area contributed by atoms with Gasteiger partial charge in [0.05, 0.1) is 5.56 Å². The summed E-state index contributed by atoms with van der Waals surface area (Å²) in [6, 6.07) is 5.33. The van der Waals surface area contributed by atoms with Crippen LogP contribution in [-0.4, -0.2) is 39.6 Å². The van der Waals surface area contributed by atoms with E-state index in [1.165, 1.54) is 6.33 Å². The zero-order valence-corrected chi connectivity index (χ0v) is 17.7. The Balaban J connectivity index is 1.93. The Hall–Kier alpha value is -3.62. The number of anilines is 3. The van der Waals surface area contributed by atoms with Crippen molar-refractivity contribution in [2.75, 3.05) is 23.7 Å². The summed E-state index contributed by atoms with van der Waals surface area (Å²) in [5.74, 6) is 0.449.